The lowest BCUT2D eigenvalue weighted by molar-refractivity contribution is 0.123. The first-order valence-electron chi connectivity index (χ1n) is 6.10. The summed E-state index contributed by atoms with van der Waals surface area (Å²) in [6.07, 6.45) is 0.795. The molecule has 20 heavy (non-hydrogen) atoms. The Kier molecular flexibility index (Phi) is 6.07. The number of aromatic nitrogens is 3. The fourth-order valence-corrected chi connectivity index (χ4v) is 3.46. The average Bonchev–Trinajstić information content (AvgIpc) is 2.43. The Labute approximate surface area is 119 Å². The highest BCUT2D eigenvalue weighted by Gasteiger charge is 2.37. The molecule has 114 valence electrons. The Bertz CT molecular complexity index is 403. The molecule has 0 amide bonds. The second-order valence-electron chi connectivity index (χ2n) is 4.17. The Morgan fingerprint density at radius 3 is 1.95 bits per heavy atom. The fourth-order valence-electron chi connectivity index (χ4n) is 1.76. The van der Waals surface area contributed by atoms with Gasteiger partial charge in [0.15, 0.2) is 0 Å². The van der Waals surface area contributed by atoms with Gasteiger partial charge >= 0.3 is 8.80 Å². The van der Waals surface area contributed by atoms with Gasteiger partial charge in [-0.2, -0.15) is 15.0 Å². The number of anilines is 3. The van der Waals surface area contributed by atoms with E-state index in [1.54, 1.807) is 21.3 Å². The maximum atomic E-state index is 5.54. The minimum atomic E-state index is -2.54. The van der Waals surface area contributed by atoms with E-state index in [0.717, 1.165) is 6.42 Å². The van der Waals surface area contributed by atoms with Gasteiger partial charge in [0.2, 0.25) is 17.8 Å². The molecule has 0 aliphatic heterocycles. The lowest BCUT2D eigenvalue weighted by Crippen LogP contribution is -2.43. The summed E-state index contributed by atoms with van der Waals surface area (Å²) >= 11 is 0. The first kappa shape index (κ1) is 16.6. The molecule has 0 radical (unpaired) electrons. The normalized spacial score (nSPS) is 11.6. The Balaban J connectivity index is 2.57. The molecule has 1 aromatic heterocycles. The van der Waals surface area contributed by atoms with Crippen LogP contribution in [0.2, 0.25) is 6.04 Å². The molecule has 0 bridgehead atoms. The molecular weight excluding hydrogens is 280 g/mol. The fraction of sp³-hybridized carbons (Fsp3) is 0.700. The van der Waals surface area contributed by atoms with E-state index in [2.05, 4.69) is 15.0 Å². The predicted octanol–water partition coefficient (Wildman–Crippen LogP) is -0.260. The van der Waals surface area contributed by atoms with E-state index in [4.69, 9.17) is 24.7 Å². The number of rotatable bonds is 8. The first-order valence-corrected chi connectivity index (χ1v) is 8.03. The molecule has 0 aromatic carbocycles. The zero-order valence-corrected chi connectivity index (χ0v) is 13.3. The molecule has 1 heterocycles. The predicted molar refractivity (Wildman–Crippen MR) is 78.1 cm³/mol. The second-order valence-corrected chi connectivity index (χ2v) is 7.26. The molecule has 0 spiro atoms. The highest BCUT2D eigenvalue weighted by Crippen LogP contribution is 2.16. The zero-order valence-electron chi connectivity index (χ0n) is 12.3. The summed E-state index contributed by atoms with van der Waals surface area (Å²) in [5, 5.41) is 0. The molecule has 0 saturated carbocycles. The van der Waals surface area contributed by atoms with E-state index in [-0.39, 0.29) is 11.9 Å². The van der Waals surface area contributed by atoms with Gasteiger partial charge in [-0.15, -0.1) is 0 Å². The van der Waals surface area contributed by atoms with Crippen molar-refractivity contribution in [2.75, 3.05) is 51.3 Å². The minimum absolute atomic E-state index is 0.105. The number of hydrogen-bond donors (Lipinski definition) is 2. The van der Waals surface area contributed by atoms with Crippen LogP contribution in [0.15, 0.2) is 0 Å². The van der Waals surface area contributed by atoms with E-state index >= 15 is 0 Å². The van der Waals surface area contributed by atoms with Gasteiger partial charge in [0.05, 0.1) is 0 Å². The lowest BCUT2D eigenvalue weighted by atomic mass is 10.4. The van der Waals surface area contributed by atoms with Crippen LogP contribution in [0, 0.1) is 0 Å². The van der Waals surface area contributed by atoms with Crippen LogP contribution in [0.3, 0.4) is 0 Å². The molecule has 9 nitrogen and oxygen atoms in total. The van der Waals surface area contributed by atoms with E-state index in [0.29, 0.717) is 18.5 Å². The van der Waals surface area contributed by atoms with Gasteiger partial charge in [0.1, 0.15) is 0 Å². The van der Waals surface area contributed by atoms with Crippen molar-refractivity contribution in [1.29, 1.82) is 0 Å². The molecule has 0 aliphatic carbocycles. The summed E-state index contributed by atoms with van der Waals surface area (Å²) < 4.78 is 16.1. The van der Waals surface area contributed by atoms with Crippen molar-refractivity contribution in [3.05, 3.63) is 0 Å². The average molecular weight is 302 g/mol. The van der Waals surface area contributed by atoms with Gasteiger partial charge in [-0.05, 0) is 6.42 Å². The van der Waals surface area contributed by atoms with Crippen LogP contribution in [0.25, 0.3) is 0 Å². The summed E-state index contributed by atoms with van der Waals surface area (Å²) in [5.41, 5.74) is 11.1. The Morgan fingerprint density at radius 2 is 1.50 bits per heavy atom. The van der Waals surface area contributed by atoms with E-state index in [1.165, 1.54) is 0 Å². The molecule has 0 fully saturated rings. The smallest absolute Gasteiger partial charge is 0.377 e. The van der Waals surface area contributed by atoms with Gasteiger partial charge < -0.3 is 29.6 Å². The molecule has 1 rings (SSSR count). The third kappa shape index (κ3) is 4.26. The topological polar surface area (TPSA) is 122 Å². The number of hydrogen-bond acceptors (Lipinski definition) is 9. The van der Waals surface area contributed by atoms with Gasteiger partial charge in [-0.25, -0.2) is 0 Å². The van der Waals surface area contributed by atoms with E-state index in [9.17, 15) is 0 Å². The Hall–Kier alpha value is -1.49. The third-order valence-corrected chi connectivity index (χ3v) is 5.74. The van der Waals surface area contributed by atoms with Crippen molar-refractivity contribution in [1.82, 2.24) is 15.0 Å². The highest BCUT2D eigenvalue weighted by molar-refractivity contribution is 6.60. The lowest BCUT2D eigenvalue weighted by Gasteiger charge is -2.25. The maximum Gasteiger partial charge on any atom is 0.500 e. The molecule has 4 N–H and O–H groups in total. The molecule has 0 atom stereocenters. The Morgan fingerprint density at radius 1 is 1.00 bits per heavy atom. The number of nitrogens with two attached hydrogens (primary N) is 2. The van der Waals surface area contributed by atoms with Gasteiger partial charge in [0.25, 0.3) is 0 Å². The van der Waals surface area contributed by atoms with Gasteiger partial charge in [-0.3, -0.25) is 0 Å². The van der Waals surface area contributed by atoms with Crippen molar-refractivity contribution >= 4 is 26.6 Å². The largest absolute Gasteiger partial charge is 0.500 e. The number of nitrogen functional groups attached to an aromatic ring is 2. The quantitative estimate of drug-likeness (QED) is 0.625. The zero-order chi connectivity index (χ0) is 15.2. The summed E-state index contributed by atoms with van der Waals surface area (Å²) in [7, 11) is 4.10. The molecule has 1 aromatic rings. The van der Waals surface area contributed by atoms with Crippen LogP contribution >= 0.6 is 0 Å². The van der Waals surface area contributed by atoms with E-state index < -0.39 is 8.80 Å². The van der Waals surface area contributed by atoms with Crippen LogP contribution in [0.1, 0.15) is 6.42 Å². The van der Waals surface area contributed by atoms with Crippen molar-refractivity contribution in [2.45, 2.75) is 12.5 Å². The van der Waals surface area contributed by atoms with Crippen molar-refractivity contribution < 1.29 is 13.3 Å². The van der Waals surface area contributed by atoms with E-state index in [1.807, 2.05) is 11.9 Å². The standard InChI is InChI=1S/C10H22N6O3Si/c1-16(10-14-8(11)13-9(12)15-10)6-5-7-20(17-2,18-3)19-4/h5-7H2,1-4H3,(H4,11,12,13,14,15). The number of nitrogens with zero attached hydrogens (tertiary/aromatic N) is 4. The van der Waals surface area contributed by atoms with Crippen LogP contribution in [-0.2, 0) is 13.3 Å². The molecule has 0 unspecified atom stereocenters. The molecule has 0 aliphatic rings. The first-order chi connectivity index (χ1) is 9.46. The summed E-state index contributed by atoms with van der Waals surface area (Å²) in [6, 6.07) is 0.691. The molecular formula is C10H22N6O3Si. The molecule has 0 saturated heterocycles. The van der Waals surface area contributed by atoms with Gasteiger partial charge in [-0.1, -0.05) is 0 Å². The van der Waals surface area contributed by atoms with Crippen molar-refractivity contribution in [2.24, 2.45) is 0 Å². The maximum absolute atomic E-state index is 5.54. The third-order valence-electron chi connectivity index (χ3n) is 2.91. The monoisotopic (exact) mass is 302 g/mol. The van der Waals surface area contributed by atoms with Crippen LogP contribution in [0.4, 0.5) is 17.8 Å². The molecule has 10 heteroatoms. The highest BCUT2D eigenvalue weighted by atomic mass is 28.4. The van der Waals surface area contributed by atoms with Crippen LogP contribution in [0.5, 0.6) is 0 Å². The second kappa shape index (κ2) is 7.33. The summed E-state index contributed by atoms with van der Waals surface area (Å²) in [6.45, 7) is 0.688. The van der Waals surface area contributed by atoms with Crippen molar-refractivity contribution in [3.8, 4) is 0 Å². The SMILES string of the molecule is CO[Si](CCCN(C)c1nc(N)nc(N)n1)(OC)OC. The van der Waals surface area contributed by atoms with Crippen molar-refractivity contribution in [3.63, 3.8) is 0 Å². The summed E-state index contributed by atoms with van der Waals surface area (Å²) in [5.74, 6) is 0.650. The van der Waals surface area contributed by atoms with Gasteiger partial charge in [0, 0.05) is 41.0 Å². The van der Waals surface area contributed by atoms with Crippen LogP contribution in [-0.4, -0.2) is 58.7 Å². The summed E-state index contributed by atoms with van der Waals surface area (Å²) in [4.78, 5) is 13.6. The van der Waals surface area contributed by atoms with Crippen LogP contribution < -0.4 is 16.4 Å². The minimum Gasteiger partial charge on any atom is -0.377 e.